The number of aromatic nitrogens is 5. The lowest BCUT2D eigenvalue weighted by Gasteiger charge is -2.04. The summed E-state index contributed by atoms with van der Waals surface area (Å²) in [6.07, 6.45) is 8.26. The van der Waals surface area contributed by atoms with Crippen molar-refractivity contribution in [3.8, 4) is 17.0 Å². The Balaban J connectivity index is 2.27. The summed E-state index contributed by atoms with van der Waals surface area (Å²) < 4.78 is 5.21. The molecule has 3 aromatic heterocycles. The Hall–Kier alpha value is -2.50. The lowest BCUT2D eigenvalue weighted by molar-refractivity contribution is 0.398. The molecule has 84 valence electrons. The summed E-state index contributed by atoms with van der Waals surface area (Å²) in [6.45, 7) is 0. The van der Waals surface area contributed by atoms with Crippen molar-refractivity contribution in [2.45, 2.75) is 0 Å². The third-order valence-corrected chi connectivity index (χ3v) is 2.51. The van der Waals surface area contributed by atoms with Crippen LogP contribution in [0, 0.1) is 0 Å². The largest absolute Gasteiger partial charge is 0.480 e. The Bertz CT molecular complexity index is 664. The summed E-state index contributed by atoms with van der Waals surface area (Å²) in [7, 11) is 1.58. The molecular weight excluding hydrogens is 218 g/mol. The standard InChI is InChI=1S/C11H9N5O/c1-17-11-9(3-13-6-16-11)7-4-14-10-8(7)2-12-5-15-10/h2-6H,1H3,(H,12,14,15). The van der Waals surface area contributed by atoms with E-state index >= 15 is 0 Å². The van der Waals surface area contributed by atoms with Gasteiger partial charge in [-0.15, -0.1) is 0 Å². The predicted molar refractivity (Wildman–Crippen MR) is 61.5 cm³/mol. The second-order valence-corrected chi connectivity index (χ2v) is 3.43. The van der Waals surface area contributed by atoms with Gasteiger partial charge < -0.3 is 9.72 Å². The zero-order valence-electron chi connectivity index (χ0n) is 9.08. The van der Waals surface area contributed by atoms with E-state index in [0.717, 1.165) is 22.2 Å². The van der Waals surface area contributed by atoms with Crippen LogP contribution in [-0.2, 0) is 0 Å². The van der Waals surface area contributed by atoms with Crippen LogP contribution in [-0.4, -0.2) is 32.0 Å². The fraction of sp³-hybridized carbons (Fsp3) is 0.0909. The van der Waals surface area contributed by atoms with Crippen molar-refractivity contribution in [3.05, 3.63) is 31.2 Å². The molecule has 17 heavy (non-hydrogen) atoms. The molecule has 0 aliphatic rings. The fourth-order valence-electron chi connectivity index (χ4n) is 1.75. The quantitative estimate of drug-likeness (QED) is 0.716. The van der Waals surface area contributed by atoms with E-state index < -0.39 is 0 Å². The van der Waals surface area contributed by atoms with Crippen LogP contribution < -0.4 is 4.74 Å². The minimum Gasteiger partial charge on any atom is -0.480 e. The van der Waals surface area contributed by atoms with Gasteiger partial charge in [0.1, 0.15) is 18.3 Å². The van der Waals surface area contributed by atoms with Crippen LogP contribution in [0.5, 0.6) is 5.88 Å². The molecule has 0 bridgehead atoms. The molecule has 0 aliphatic carbocycles. The van der Waals surface area contributed by atoms with E-state index in [0.29, 0.717) is 5.88 Å². The van der Waals surface area contributed by atoms with Crippen LogP contribution >= 0.6 is 0 Å². The van der Waals surface area contributed by atoms with Crippen molar-refractivity contribution >= 4 is 11.0 Å². The molecule has 0 aliphatic heterocycles. The molecule has 1 N–H and O–H groups in total. The molecule has 0 aromatic carbocycles. The lowest BCUT2D eigenvalue weighted by atomic mass is 10.1. The molecule has 0 atom stereocenters. The van der Waals surface area contributed by atoms with Crippen LogP contribution in [0.1, 0.15) is 0 Å². The zero-order valence-corrected chi connectivity index (χ0v) is 9.08. The summed E-state index contributed by atoms with van der Waals surface area (Å²) >= 11 is 0. The van der Waals surface area contributed by atoms with Gasteiger partial charge in [-0.3, -0.25) is 0 Å². The van der Waals surface area contributed by atoms with Gasteiger partial charge in [0.15, 0.2) is 0 Å². The molecule has 6 nitrogen and oxygen atoms in total. The van der Waals surface area contributed by atoms with Crippen LogP contribution in [0.25, 0.3) is 22.2 Å². The van der Waals surface area contributed by atoms with E-state index in [-0.39, 0.29) is 0 Å². The molecule has 3 aromatic rings. The fourth-order valence-corrected chi connectivity index (χ4v) is 1.75. The van der Waals surface area contributed by atoms with Gasteiger partial charge in [-0.2, -0.15) is 0 Å². The predicted octanol–water partition coefficient (Wildman–Crippen LogP) is 1.42. The molecule has 6 heteroatoms. The van der Waals surface area contributed by atoms with E-state index in [1.54, 1.807) is 19.5 Å². The molecule has 0 spiro atoms. The minimum atomic E-state index is 0.532. The summed E-state index contributed by atoms with van der Waals surface area (Å²) in [5.41, 5.74) is 2.52. The Morgan fingerprint density at radius 1 is 1.06 bits per heavy atom. The Morgan fingerprint density at radius 3 is 2.76 bits per heavy atom. The van der Waals surface area contributed by atoms with Gasteiger partial charge >= 0.3 is 0 Å². The van der Waals surface area contributed by atoms with Gasteiger partial charge in [-0.05, 0) is 0 Å². The van der Waals surface area contributed by atoms with E-state index in [1.807, 2.05) is 6.20 Å². The van der Waals surface area contributed by atoms with E-state index in [2.05, 4.69) is 24.9 Å². The number of H-pyrrole nitrogens is 1. The average Bonchev–Trinajstić information content (AvgIpc) is 2.82. The number of aromatic amines is 1. The van der Waals surface area contributed by atoms with Crippen molar-refractivity contribution in [1.29, 1.82) is 0 Å². The molecule has 0 saturated carbocycles. The van der Waals surface area contributed by atoms with Crippen molar-refractivity contribution in [2.24, 2.45) is 0 Å². The minimum absolute atomic E-state index is 0.532. The van der Waals surface area contributed by atoms with Gasteiger partial charge in [0, 0.05) is 29.5 Å². The number of hydrogen-bond donors (Lipinski definition) is 1. The highest BCUT2D eigenvalue weighted by atomic mass is 16.5. The van der Waals surface area contributed by atoms with Crippen molar-refractivity contribution in [3.63, 3.8) is 0 Å². The smallest absolute Gasteiger partial charge is 0.224 e. The average molecular weight is 227 g/mol. The van der Waals surface area contributed by atoms with Gasteiger partial charge in [0.05, 0.1) is 12.7 Å². The molecule has 0 unspecified atom stereocenters. The first-order valence-electron chi connectivity index (χ1n) is 5.01. The number of hydrogen-bond acceptors (Lipinski definition) is 5. The molecule has 0 radical (unpaired) electrons. The van der Waals surface area contributed by atoms with Crippen molar-refractivity contribution in [1.82, 2.24) is 24.9 Å². The monoisotopic (exact) mass is 227 g/mol. The number of methoxy groups -OCH3 is 1. The third-order valence-electron chi connectivity index (χ3n) is 2.51. The highest BCUT2D eigenvalue weighted by Crippen LogP contribution is 2.31. The van der Waals surface area contributed by atoms with Crippen LogP contribution in [0.2, 0.25) is 0 Å². The zero-order chi connectivity index (χ0) is 11.7. The maximum atomic E-state index is 5.21. The van der Waals surface area contributed by atoms with E-state index in [1.165, 1.54) is 12.7 Å². The first-order chi connectivity index (χ1) is 8.40. The van der Waals surface area contributed by atoms with Crippen molar-refractivity contribution in [2.75, 3.05) is 7.11 Å². The van der Waals surface area contributed by atoms with Crippen LogP contribution in [0.15, 0.2) is 31.2 Å². The highest BCUT2D eigenvalue weighted by molar-refractivity contribution is 5.93. The van der Waals surface area contributed by atoms with Gasteiger partial charge in [-0.1, -0.05) is 0 Å². The Morgan fingerprint density at radius 2 is 1.88 bits per heavy atom. The number of nitrogens with one attached hydrogen (secondary N) is 1. The maximum Gasteiger partial charge on any atom is 0.224 e. The molecule has 3 heterocycles. The number of nitrogens with zero attached hydrogens (tertiary/aromatic N) is 4. The summed E-state index contributed by atoms with van der Waals surface area (Å²) in [5.74, 6) is 0.532. The van der Waals surface area contributed by atoms with Gasteiger partial charge in [0.2, 0.25) is 5.88 Å². The molecule has 0 saturated heterocycles. The summed E-state index contributed by atoms with van der Waals surface area (Å²) in [6, 6.07) is 0. The van der Waals surface area contributed by atoms with E-state index in [4.69, 9.17) is 4.74 Å². The third kappa shape index (κ3) is 1.50. The van der Waals surface area contributed by atoms with Gasteiger partial charge in [-0.25, -0.2) is 19.9 Å². The van der Waals surface area contributed by atoms with Crippen molar-refractivity contribution < 1.29 is 4.74 Å². The summed E-state index contributed by atoms with van der Waals surface area (Å²) in [4.78, 5) is 19.3. The normalized spacial score (nSPS) is 10.6. The molecule has 0 amide bonds. The molecule has 0 fully saturated rings. The number of fused-ring (bicyclic) bond motifs is 1. The maximum absolute atomic E-state index is 5.21. The Labute approximate surface area is 96.7 Å². The van der Waals surface area contributed by atoms with Crippen LogP contribution in [0.4, 0.5) is 0 Å². The highest BCUT2D eigenvalue weighted by Gasteiger charge is 2.12. The second-order valence-electron chi connectivity index (χ2n) is 3.43. The first-order valence-corrected chi connectivity index (χ1v) is 5.01. The number of rotatable bonds is 2. The van der Waals surface area contributed by atoms with E-state index in [9.17, 15) is 0 Å². The SMILES string of the molecule is COc1ncncc1-c1c[nH]c2ncncc12. The molecular formula is C11H9N5O. The second kappa shape index (κ2) is 3.82. The van der Waals surface area contributed by atoms with Gasteiger partial charge in [0.25, 0.3) is 0 Å². The Kier molecular flexibility index (Phi) is 2.18. The number of ether oxygens (including phenoxy) is 1. The topological polar surface area (TPSA) is 76.6 Å². The molecule has 3 rings (SSSR count). The first kappa shape index (κ1) is 9.71. The lowest BCUT2D eigenvalue weighted by Crippen LogP contribution is -1.92. The van der Waals surface area contributed by atoms with Crippen LogP contribution in [0.3, 0.4) is 0 Å². The summed E-state index contributed by atoms with van der Waals surface area (Å²) in [5, 5.41) is 0.917.